The summed E-state index contributed by atoms with van der Waals surface area (Å²) in [6.45, 7) is 0.224. The maximum atomic E-state index is 15.1. The summed E-state index contributed by atoms with van der Waals surface area (Å²) in [6.07, 6.45) is -16.8. The van der Waals surface area contributed by atoms with E-state index in [1.807, 2.05) is 0 Å². The Labute approximate surface area is 240 Å². The molecule has 1 heterocycles. The van der Waals surface area contributed by atoms with Crippen LogP contribution in [0.15, 0.2) is 42.5 Å². The van der Waals surface area contributed by atoms with Gasteiger partial charge in [0.2, 0.25) is 0 Å². The molecule has 1 aliphatic carbocycles. The van der Waals surface area contributed by atoms with Gasteiger partial charge in [-0.3, -0.25) is 9.80 Å². The zero-order valence-electron chi connectivity index (χ0n) is 22.8. The quantitative estimate of drug-likeness (QED) is 0.313. The van der Waals surface area contributed by atoms with Crippen LogP contribution in [0.3, 0.4) is 0 Å². The lowest BCUT2D eigenvalue weighted by Crippen LogP contribution is -2.61. The molecule has 1 aliphatic heterocycles. The molecule has 6 nitrogen and oxygen atoms in total. The summed E-state index contributed by atoms with van der Waals surface area (Å²) in [5.41, 5.74) is -4.35. The average Bonchev–Trinajstić information content (AvgIpc) is 2.88. The highest BCUT2D eigenvalue weighted by Gasteiger charge is 2.61. The maximum absolute atomic E-state index is 15.1. The van der Waals surface area contributed by atoms with Gasteiger partial charge in [-0.1, -0.05) is 24.6 Å². The third-order valence-corrected chi connectivity index (χ3v) is 7.74. The highest BCUT2D eigenvalue weighted by atomic mass is 19.4. The summed E-state index contributed by atoms with van der Waals surface area (Å²) in [5, 5.41) is 0. The molecule has 1 saturated carbocycles. The van der Waals surface area contributed by atoms with Crippen molar-refractivity contribution in [1.29, 1.82) is 0 Å². The number of alkyl halides is 9. The number of para-hydroxylation sites is 1. The van der Waals surface area contributed by atoms with Crippen molar-refractivity contribution in [2.75, 3.05) is 18.6 Å². The van der Waals surface area contributed by atoms with Gasteiger partial charge in [0, 0.05) is 6.54 Å². The van der Waals surface area contributed by atoms with Gasteiger partial charge >= 0.3 is 30.7 Å². The number of fused-ring (bicyclic) bond motifs is 1. The molecule has 1 fully saturated rings. The number of hydrogen-bond acceptors (Lipinski definition) is 4. The van der Waals surface area contributed by atoms with Gasteiger partial charge in [0.1, 0.15) is 5.92 Å². The first-order valence-corrected chi connectivity index (χ1v) is 13.2. The Hall–Kier alpha value is -3.65. The number of methoxy groups -OCH3 is 1. The van der Waals surface area contributed by atoms with Gasteiger partial charge in [-0.2, -0.15) is 39.5 Å². The molecular weight excluding hydrogens is 599 g/mol. The topological polar surface area (TPSA) is 59.1 Å². The summed E-state index contributed by atoms with van der Waals surface area (Å²) in [4.78, 5) is 27.6. The van der Waals surface area contributed by atoms with Crippen molar-refractivity contribution in [2.45, 2.75) is 63.3 Å². The molecule has 4 rings (SSSR count). The van der Waals surface area contributed by atoms with Gasteiger partial charge in [-0.05, 0) is 61.1 Å². The number of carbonyl (C=O) groups is 2. The lowest BCUT2D eigenvalue weighted by atomic mass is 9.68. The molecule has 43 heavy (non-hydrogen) atoms. The van der Waals surface area contributed by atoms with E-state index in [1.54, 1.807) is 0 Å². The molecular formula is C28H27F9N2O4. The first kappa shape index (κ1) is 32.3. The van der Waals surface area contributed by atoms with E-state index in [0.29, 0.717) is 36.3 Å². The van der Waals surface area contributed by atoms with Gasteiger partial charge < -0.3 is 9.47 Å². The van der Waals surface area contributed by atoms with Crippen LogP contribution in [0.4, 0.5) is 54.8 Å². The van der Waals surface area contributed by atoms with E-state index in [-0.39, 0.29) is 23.9 Å². The molecule has 1 unspecified atom stereocenters. The number of halogens is 9. The van der Waals surface area contributed by atoms with E-state index in [0.717, 1.165) is 12.0 Å². The van der Waals surface area contributed by atoms with Gasteiger partial charge in [0.05, 0.1) is 42.6 Å². The maximum Gasteiger partial charge on any atom is 0.416 e. The SMILES string of the molecule is CCOC(=O)N1c2ccccc2C(N(Cc2cc(C(F)(F)F)cc(C(F)(F)F)c2)C(=O)OC)[C@@H](C(F)(F)F)[C@H]1C1CCC1. The van der Waals surface area contributed by atoms with Crippen molar-refractivity contribution in [3.63, 3.8) is 0 Å². The normalized spacial score (nSPS) is 21.1. The van der Waals surface area contributed by atoms with Crippen molar-refractivity contribution < 1.29 is 58.6 Å². The van der Waals surface area contributed by atoms with Crippen molar-refractivity contribution in [3.8, 4) is 0 Å². The molecule has 0 saturated heterocycles. The van der Waals surface area contributed by atoms with E-state index >= 15 is 13.2 Å². The zero-order chi connectivity index (χ0) is 31.9. The number of ether oxygens (including phenoxy) is 2. The van der Waals surface area contributed by atoms with E-state index in [1.165, 1.54) is 31.2 Å². The van der Waals surface area contributed by atoms with Gasteiger partial charge in [-0.25, -0.2) is 9.59 Å². The highest BCUT2D eigenvalue weighted by Crippen LogP contribution is 2.55. The minimum atomic E-state index is -5.23. The second-order valence-electron chi connectivity index (χ2n) is 10.3. The first-order valence-electron chi connectivity index (χ1n) is 13.2. The fourth-order valence-corrected chi connectivity index (χ4v) is 5.79. The molecule has 0 radical (unpaired) electrons. The third-order valence-electron chi connectivity index (χ3n) is 7.74. The Kier molecular flexibility index (Phi) is 8.85. The van der Waals surface area contributed by atoms with Crippen molar-refractivity contribution >= 4 is 17.9 Å². The number of anilines is 1. The van der Waals surface area contributed by atoms with Crippen LogP contribution in [0.5, 0.6) is 0 Å². The molecule has 0 bridgehead atoms. The molecule has 236 valence electrons. The van der Waals surface area contributed by atoms with E-state index in [4.69, 9.17) is 9.47 Å². The molecule has 0 N–H and O–H groups in total. The molecule has 2 aliphatic rings. The summed E-state index contributed by atoms with van der Waals surface area (Å²) < 4.78 is 137. The lowest BCUT2D eigenvalue weighted by molar-refractivity contribution is -0.204. The minimum Gasteiger partial charge on any atom is -0.453 e. The van der Waals surface area contributed by atoms with Crippen molar-refractivity contribution in [2.24, 2.45) is 11.8 Å². The largest absolute Gasteiger partial charge is 0.453 e. The molecule has 2 amide bonds. The van der Waals surface area contributed by atoms with Crippen LogP contribution in [0.2, 0.25) is 0 Å². The summed E-state index contributed by atoms with van der Waals surface area (Å²) >= 11 is 0. The Balaban J connectivity index is 1.95. The highest BCUT2D eigenvalue weighted by molar-refractivity contribution is 5.91. The second kappa shape index (κ2) is 11.8. The predicted molar refractivity (Wildman–Crippen MR) is 134 cm³/mol. The summed E-state index contributed by atoms with van der Waals surface area (Å²) in [6, 6.07) is 2.34. The van der Waals surface area contributed by atoms with Crippen LogP contribution in [0.25, 0.3) is 0 Å². The Morgan fingerprint density at radius 2 is 1.51 bits per heavy atom. The van der Waals surface area contributed by atoms with Crippen molar-refractivity contribution in [1.82, 2.24) is 4.90 Å². The van der Waals surface area contributed by atoms with Crippen LogP contribution in [-0.4, -0.2) is 43.0 Å². The van der Waals surface area contributed by atoms with E-state index in [9.17, 15) is 35.9 Å². The molecule has 2 aromatic carbocycles. The second-order valence-corrected chi connectivity index (χ2v) is 10.3. The monoisotopic (exact) mass is 626 g/mol. The predicted octanol–water partition coefficient (Wildman–Crippen LogP) is 8.36. The number of nitrogens with zero attached hydrogens (tertiary/aromatic N) is 2. The third kappa shape index (κ3) is 6.49. The van der Waals surface area contributed by atoms with Gasteiger partial charge in [0.15, 0.2) is 0 Å². The first-order chi connectivity index (χ1) is 20.0. The van der Waals surface area contributed by atoms with Crippen LogP contribution >= 0.6 is 0 Å². The molecule has 2 aromatic rings. The van der Waals surface area contributed by atoms with E-state index in [2.05, 4.69) is 0 Å². The van der Waals surface area contributed by atoms with Gasteiger partial charge in [-0.15, -0.1) is 0 Å². The average molecular weight is 627 g/mol. The number of carbonyl (C=O) groups excluding carboxylic acids is 2. The van der Waals surface area contributed by atoms with Crippen LogP contribution < -0.4 is 4.90 Å². The Morgan fingerprint density at radius 1 is 0.930 bits per heavy atom. The number of benzene rings is 2. The van der Waals surface area contributed by atoms with Crippen LogP contribution in [-0.2, 0) is 28.4 Å². The summed E-state index contributed by atoms with van der Waals surface area (Å²) in [5.74, 6) is -3.18. The molecule has 0 aromatic heterocycles. The van der Waals surface area contributed by atoms with Gasteiger partial charge in [0.25, 0.3) is 0 Å². The van der Waals surface area contributed by atoms with Crippen LogP contribution in [0.1, 0.15) is 54.5 Å². The smallest absolute Gasteiger partial charge is 0.416 e. The Bertz CT molecular complexity index is 1310. The fraction of sp³-hybridized carbons (Fsp3) is 0.500. The van der Waals surface area contributed by atoms with E-state index < -0.39 is 77.9 Å². The molecule has 15 heteroatoms. The number of hydrogen-bond donors (Lipinski definition) is 0. The number of rotatable bonds is 5. The van der Waals surface area contributed by atoms with Crippen molar-refractivity contribution in [3.05, 3.63) is 64.7 Å². The molecule has 0 spiro atoms. The minimum absolute atomic E-state index is 0.0303. The fourth-order valence-electron chi connectivity index (χ4n) is 5.79. The van der Waals surface area contributed by atoms with Crippen LogP contribution in [0, 0.1) is 11.8 Å². The Morgan fingerprint density at radius 3 is 1.98 bits per heavy atom. The standard InChI is InChI=1S/C28H27F9N2O4/c1-3-43-25(41)39-20-10-5-4-9-19(20)23(21(28(35,36)37)22(39)16-7-6-8-16)38(24(40)42-2)14-15-11-17(26(29,30)31)13-18(12-15)27(32,33)34/h4-5,9-13,16,21-23H,3,6-8,14H2,1-2H3/t21-,22+,23?/m0/s1. The number of amides is 2. The summed E-state index contributed by atoms with van der Waals surface area (Å²) in [7, 11) is 0.828. The molecule has 3 atom stereocenters. The zero-order valence-corrected chi connectivity index (χ0v) is 22.8. The lowest BCUT2D eigenvalue weighted by Gasteiger charge is -2.53.